The molecule has 3 aromatic rings. The van der Waals surface area contributed by atoms with Gasteiger partial charge in [0, 0.05) is 24.9 Å². The topological polar surface area (TPSA) is 108 Å². The molecule has 0 spiro atoms. The minimum atomic E-state index is -2.96. The number of aryl methyl sites for hydroxylation is 1. The third-order valence-electron chi connectivity index (χ3n) is 6.11. The van der Waals surface area contributed by atoms with Gasteiger partial charge in [-0.25, -0.2) is 22.2 Å². The molecule has 2 amide bonds. The quantitative estimate of drug-likeness (QED) is 0.258. The Kier molecular flexibility index (Phi) is 9.04. The van der Waals surface area contributed by atoms with E-state index in [9.17, 15) is 31.7 Å². The van der Waals surface area contributed by atoms with Gasteiger partial charge >= 0.3 is 0 Å². The van der Waals surface area contributed by atoms with Crippen molar-refractivity contribution in [2.45, 2.75) is 44.6 Å². The lowest BCUT2D eigenvalue weighted by atomic mass is 9.96. The maximum Gasteiger partial charge on any atom is 0.278 e. The summed E-state index contributed by atoms with van der Waals surface area (Å²) in [7, 11) is 0. The summed E-state index contributed by atoms with van der Waals surface area (Å²) in [5, 5.41) is 10.1. The second-order valence-electron chi connectivity index (χ2n) is 9.66. The number of carbonyl (C=O) groups excluding carboxylic acids is 2. The summed E-state index contributed by atoms with van der Waals surface area (Å²) in [5.74, 6) is -3.94. The predicted octanol–water partition coefficient (Wildman–Crippen LogP) is 4.45. The maximum absolute atomic E-state index is 13.2. The molecule has 0 aliphatic carbocycles. The van der Waals surface area contributed by atoms with E-state index in [1.165, 1.54) is 35.2 Å². The van der Waals surface area contributed by atoms with Gasteiger partial charge < -0.3 is 19.9 Å². The first-order chi connectivity index (χ1) is 18.9. The first-order valence-corrected chi connectivity index (χ1v) is 14.1. The number of benzene rings is 2. The van der Waals surface area contributed by atoms with Gasteiger partial charge in [-0.3, -0.25) is 9.59 Å². The Hall–Kier alpha value is -3.58. The zero-order chi connectivity index (χ0) is 29.0. The van der Waals surface area contributed by atoms with Gasteiger partial charge in [-0.15, -0.1) is 0 Å². The number of aromatic nitrogens is 2. The summed E-state index contributed by atoms with van der Waals surface area (Å²) in [5.41, 5.74) is 1.54. The highest BCUT2D eigenvalue weighted by atomic mass is 32.2. The Balaban J connectivity index is 1.54. The SMILES string of the molecule is C[S+]([O-])CC(=O)Nc1c2c(nn1-c1ccc(C(F)F)cc1)CC(CCc1cccc(OCC(C)(F)F)c1)NC2=O. The van der Waals surface area contributed by atoms with Gasteiger partial charge in [0.15, 0.2) is 12.4 Å². The standard InChI is InChI=1S/C27H28F4N4O4S/c1-27(30,31)15-39-20-5-3-4-16(12-20)6-9-18-13-21-23(26(37)32-18)25(33-22(36)14-40(2)38)35(34-21)19-10-7-17(8-11-19)24(28)29/h3-5,7-8,10-12,18,24H,6,9,13-15H2,1-2H3,(H,32,37)(H,33,36). The average Bonchev–Trinajstić information content (AvgIpc) is 3.24. The van der Waals surface area contributed by atoms with Crippen molar-refractivity contribution in [2.75, 3.05) is 23.9 Å². The normalized spacial score (nSPS) is 15.9. The van der Waals surface area contributed by atoms with Crippen LogP contribution < -0.4 is 15.4 Å². The number of fused-ring (bicyclic) bond motifs is 1. The van der Waals surface area contributed by atoms with Gasteiger partial charge in [0.1, 0.15) is 17.1 Å². The van der Waals surface area contributed by atoms with Crippen molar-refractivity contribution in [1.29, 1.82) is 0 Å². The average molecular weight is 581 g/mol. The molecule has 13 heteroatoms. The van der Waals surface area contributed by atoms with E-state index in [1.807, 2.05) is 6.07 Å². The molecule has 4 rings (SSSR count). The van der Waals surface area contributed by atoms with Crippen molar-refractivity contribution in [1.82, 2.24) is 15.1 Å². The van der Waals surface area contributed by atoms with E-state index in [0.29, 0.717) is 36.4 Å². The Morgan fingerprint density at radius 1 is 1.27 bits per heavy atom. The summed E-state index contributed by atoms with van der Waals surface area (Å²) in [6.45, 7) is 0.0384. The molecule has 0 saturated heterocycles. The van der Waals surface area contributed by atoms with Crippen LogP contribution in [-0.4, -0.2) is 56.7 Å². The Morgan fingerprint density at radius 2 is 2.00 bits per heavy atom. The summed E-state index contributed by atoms with van der Waals surface area (Å²) < 4.78 is 70.4. The molecule has 1 aliphatic rings. The lowest BCUT2D eigenvalue weighted by molar-refractivity contribution is -0.113. The number of hydrogen-bond donors (Lipinski definition) is 2. The summed E-state index contributed by atoms with van der Waals surface area (Å²) in [6, 6.07) is 11.8. The van der Waals surface area contributed by atoms with Crippen molar-refractivity contribution >= 4 is 28.8 Å². The van der Waals surface area contributed by atoms with Crippen LogP contribution in [0.3, 0.4) is 0 Å². The zero-order valence-corrected chi connectivity index (χ0v) is 22.6. The lowest BCUT2D eigenvalue weighted by Crippen LogP contribution is -2.41. The largest absolute Gasteiger partial charge is 0.616 e. The highest BCUT2D eigenvalue weighted by Gasteiger charge is 2.33. The Labute approximate surface area is 231 Å². The molecule has 0 bridgehead atoms. The van der Waals surface area contributed by atoms with Gasteiger partial charge in [0.25, 0.3) is 24.2 Å². The molecule has 214 valence electrons. The number of alkyl halides is 4. The third kappa shape index (κ3) is 7.54. The highest BCUT2D eigenvalue weighted by molar-refractivity contribution is 7.91. The molecular formula is C27H28F4N4O4S. The smallest absolute Gasteiger partial charge is 0.278 e. The van der Waals surface area contributed by atoms with E-state index >= 15 is 0 Å². The fourth-order valence-electron chi connectivity index (χ4n) is 4.32. The fraction of sp³-hybridized carbons (Fsp3) is 0.370. The first-order valence-electron chi connectivity index (χ1n) is 12.4. The highest BCUT2D eigenvalue weighted by Crippen LogP contribution is 2.30. The van der Waals surface area contributed by atoms with Crippen LogP contribution in [0.25, 0.3) is 5.69 Å². The van der Waals surface area contributed by atoms with Crippen molar-refractivity contribution in [3.8, 4) is 11.4 Å². The molecular weight excluding hydrogens is 552 g/mol. The van der Waals surface area contributed by atoms with Crippen LogP contribution in [0.2, 0.25) is 0 Å². The molecule has 2 unspecified atom stereocenters. The fourth-order valence-corrected chi connectivity index (χ4v) is 4.76. The van der Waals surface area contributed by atoms with Gasteiger partial charge in [0.2, 0.25) is 0 Å². The molecule has 0 fully saturated rings. The second-order valence-corrected chi connectivity index (χ2v) is 11.1. The molecule has 2 heterocycles. The molecule has 40 heavy (non-hydrogen) atoms. The molecule has 2 N–H and O–H groups in total. The monoisotopic (exact) mass is 580 g/mol. The number of amides is 2. The number of carbonyl (C=O) groups is 2. The van der Waals surface area contributed by atoms with Crippen molar-refractivity contribution in [2.24, 2.45) is 0 Å². The van der Waals surface area contributed by atoms with Crippen LogP contribution in [-0.2, 0) is 28.8 Å². The number of hydrogen-bond acceptors (Lipinski definition) is 5. The van der Waals surface area contributed by atoms with Crippen molar-refractivity contribution < 1.29 is 36.4 Å². The van der Waals surface area contributed by atoms with Gasteiger partial charge in [-0.2, -0.15) is 5.10 Å². The van der Waals surface area contributed by atoms with E-state index in [2.05, 4.69) is 15.7 Å². The number of rotatable bonds is 11. The van der Waals surface area contributed by atoms with Crippen molar-refractivity contribution in [3.63, 3.8) is 0 Å². The van der Waals surface area contributed by atoms with E-state index in [1.54, 1.807) is 18.2 Å². The predicted molar refractivity (Wildman–Crippen MR) is 142 cm³/mol. The minimum Gasteiger partial charge on any atom is -0.616 e. The van der Waals surface area contributed by atoms with Crippen LogP contribution in [0.15, 0.2) is 48.5 Å². The lowest BCUT2D eigenvalue weighted by Gasteiger charge is -2.23. The van der Waals surface area contributed by atoms with E-state index in [4.69, 9.17) is 4.74 Å². The van der Waals surface area contributed by atoms with Crippen molar-refractivity contribution in [3.05, 3.63) is 70.9 Å². The minimum absolute atomic E-state index is 0.0590. The van der Waals surface area contributed by atoms with Crippen LogP contribution in [0, 0.1) is 0 Å². The second kappa shape index (κ2) is 12.3. The molecule has 1 aromatic heterocycles. The summed E-state index contributed by atoms with van der Waals surface area (Å²) in [4.78, 5) is 25.7. The molecule has 2 atom stereocenters. The van der Waals surface area contributed by atoms with E-state index in [0.717, 1.165) is 12.5 Å². The molecule has 0 saturated carbocycles. The number of halogens is 4. The number of anilines is 1. The maximum atomic E-state index is 13.2. The molecule has 8 nitrogen and oxygen atoms in total. The Bertz CT molecular complexity index is 1360. The summed E-state index contributed by atoms with van der Waals surface area (Å²) >= 11 is -1.43. The van der Waals surface area contributed by atoms with Gasteiger partial charge in [-0.05, 0) is 53.8 Å². The van der Waals surface area contributed by atoms with E-state index in [-0.39, 0.29) is 28.7 Å². The Morgan fingerprint density at radius 3 is 2.65 bits per heavy atom. The van der Waals surface area contributed by atoms with E-state index < -0.39 is 41.9 Å². The van der Waals surface area contributed by atoms with Crippen LogP contribution >= 0.6 is 0 Å². The van der Waals surface area contributed by atoms with Crippen LogP contribution in [0.4, 0.5) is 23.4 Å². The first kappa shape index (κ1) is 29.4. The van der Waals surface area contributed by atoms with Gasteiger partial charge in [0.05, 0.1) is 17.6 Å². The van der Waals surface area contributed by atoms with Crippen LogP contribution in [0.5, 0.6) is 5.75 Å². The molecule has 0 radical (unpaired) electrons. The number of nitrogens with one attached hydrogen (secondary N) is 2. The molecule has 2 aromatic carbocycles. The molecule has 1 aliphatic heterocycles. The van der Waals surface area contributed by atoms with Crippen LogP contribution in [0.1, 0.15) is 46.9 Å². The zero-order valence-electron chi connectivity index (χ0n) is 21.8. The number of nitrogens with zero attached hydrogens (tertiary/aromatic N) is 2. The third-order valence-corrected chi connectivity index (χ3v) is 6.78. The number of ether oxygens (including phenoxy) is 1. The van der Waals surface area contributed by atoms with Gasteiger partial charge in [-0.1, -0.05) is 24.3 Å². The summed E-state index contributed by atoms with van der Waals surface area (Å²) in [6.07, 6.45) is 0.0506.